The first kappa shape index (κ1) is 14.1. The van der Waals surface area contributed by atoms with E-state index >= 15 is 0 Å². The van der Waals surface area contributed by atoms with Gasteiger partial charge >= 0.3 is 0 Å². The third-order valence-electron chi connectivity index (χ3n) is 3.52. The van der Waals surface area contributed by atoms with Crippen LogP contribution in [-0.4, -0.2) is 24.0 Å². The fourth-order valence-electron chi connectivity index (χ4n) is 2.19. The normalized spacial score (nSPS) is 15.1. The van der Waals surface area contributed by atoms with Crippen LogP contribution in [0.15, 0.2) is 10.5 Å². The van der Waals surface area contributed by atoms with Crippen LogP contribution in [0.5, 0.6) is 5.75 Å². The molecule has 2 rings (SSSR count). The highest BCUT2D eigenvalue weighted by Gasteiger charge is 2.22. The van der Waals surface area contributed by atoms with Gasteiger partial charge in [0.2, 0.25) is 0 Å². The molecule has 0 N–H and O–H groups in total. The predicted octanol–water partition coefficient (Wildman–Crippen LogP) is 4.35. The molecule has 0 spiro atoms. The predicted molar refractivity (Wildman–Crippen MR) is 86.5 cm³/mol. The summed E-state index contributed by atoms with van der Waals surface area (Å²) in [5.41, 5.74) is 4.17. The number of hydrogen-bond donors (Lipinski definition) is 0. The molecule has 0 heterocycles. The largest absolute Gasteiger partial charge is 0.493 e. The van der Waals surface area contributed by atoms with Crippen molar-refractivity contribution in [1.82, 2.24) is 0 Å². The second kappa shape index (κ2) is 6.25. The Bertz CT molecular complexity index is 480. The molecule has 0 saturated carbocycles. The van der Waals surface area contributed by atoms with Crippen molar-refractivity contribution >= 4 is 31.8 Å². The van der Waals surface area contributed by atoms with E-state index in [-0.39, 0.29) is 0 Å². The Labute approximate surface area is 121 Å². The number of benzene rings is 1. The SMILES string of the molecule is CC=S(C)CCCOc1cc(C)c(Br)c2c1CC2. The van der Waals surface area contributed by atoms with Gasteiger partial charge in [0, 0.05) is 4.47 Å². The Balaban J connectivity index is 1.95. The van der Waals surface area contributed by atoms with Crippen molar-refractivity contribution in [3.8, 4) is 5.75 Å². The van der Waals surface area contributed by atoms with Crippen LogP contribution in [0.3, 0.4) is 0 Å². The summed E-state index contributed by atoms with van der Waals surface area (Å²) >= 11 is 3.67. The van der Waals surface area contributed by atoms with Gasteiger partial charge in [0.15, 0.2) is 0 Å². The van der Waals surface area contributed by atoms with Crippen molar-refractivity contribution in [1.29, 1.82) is 0 Å². The van der Waals surface area contributed by atoms with E-state index in [2.05, 4.69) is 47.5 Å². The lowest BCUT2D eigenvalue weighted by molar-refractivity contribution is 0.312. The molecule has 0 radical (unpaired) electrons. The molecule has 3 heteroatoms. The maximum atomic E-state index is 5.97. The molecule has 100 valence electrons. The zero-order chi connectivity index (χ0) is 13.1. The highest BCUT2D eigenvalue weighted by molar-refractivity contribution is 9.10. The molecular weight excluding hydrogens is 308 g/mol. The fourth-order valence-corrected chi connectivity index (χ4v) is 3.55. The van der Waals surface area contributed by atoms with Gasteiger partial charge in [-0.2, -0.15) is 10.5 Å². The molecule has 0 aromatic heterocycles. The Morgan fingerprint density at radius 1 is 1.39 bits per heavy atom. The average Bonchev–Trinajstić information content (AvgIpc) is 2.30. The molecule has 0 fully saturated rings. The second-order valence-corrected chi connectivity index (χ2v) is 7.85. The second-order valence-electron chi connectivity index (χ2n) is 4.80. The quantitative estimate of drug-likeness (QED) is 0.577. The van der Waals surface area contributed by atoms with Crippen molar-refractivity contribution in [3.05, 3.63) is 27.2 Å². The third kappa shape index (κ3) is 3.00. The van der Waals surface area contributed by atoms with Crippen molar-refractivity contribution in [3.63, 3.8) is 0 Å². The van der Waals surface area contributed by atoms with Gasteiger partial charge in [-0.25, -0.2) is 0 Å². The molecule has 1 aliphatic rings. The Hall–Kier alpha value is -0.280. The molecule has 18 heavy (non-hydrogen) atoms. The van der Waals surface area contributed by atoms with Crippen LogP contribution in [0.2, 0.25) is 0 Å². The summed E-state index contributed by atoms with van der Waals surface area (Å²) in [6, 6.07) is 2.18. The Morgan fingerprint density at radius 3 is 2.72 bits per heavy atom. The minimum atomic E-state index is 0.449. The summed E-state index contributed by atoms with van der Waals surface area (Å²) in [4.78, 5) is 0. The van der Waals surface area contributed by atoms with E-state index in [0.29, 0.717) is 10.5 Å². The van der Waals surface area contributed by atoms with Crippen LogP contribution in [-0.2, 0) is 12.8 Å². The fraction of sp³-hybridized carbons (Fsp3) is 0.533. The third-order valence-corrected chi connectivity index (χ3v) is 6.36. The van der Waals surface area contributed by atoms with Crippen LogP contribution in [0.4, 0.5) is 0 Å². The van der Waals surface area contributed by atoms with Gasteiger partial charge in [-0.05, 0) is 67.9 Å². The number of halogens is 1. The van der Waals surface area contributed by atoms with E-state index in [1.54, 1.807) is 0 Å². The zero-order valence-corrected chi connectivity index (χ0v) is 13.8. The lowest BCUT2D eigenvalue weighted by Gasteiger charge is -2.25. The van der Waals surface area contributed by atoms with E-state index < -0.39 is 0 Å². The summed E-state index contributed by atoms with van der Waals surface area (Å²) < 4.78 is 7.25. The highest BCUT2D eigenvalue weighted by atomic mass is 79.9. The molecule has 0 bridgehead atoms. The van der Waals surface area contributed by atoms with Gasteiger partial charge in [0.1, 0.15) is 5.75 Å². The summed E-state index contributed by atoms with van der Waals surface area (Å²) in [5.74, 6) is 2.36. The molecule has 1 aliphatic carbocycles. The van der Waals surface area contributed by atoms with Gasteiger partial charge in [0.25, 0.3) is 0 Å². The van der Waals surface area contributed by atoms with Gasteiger partial charge in [-0.3, -0.25) is 0 Å². The summed E-state index contributed by atoms with van der Waals surface area (Å²) in [5, 5.41) is 2.29. The number of aryl methyl sites for hydroxylation is 1. The highest BCUT2D eigenvalue weighted by Crippen LogP contribution is 2.39. The molecule has 0 saturated heterocycles. The van der Waals surface area contributed by atoms with Gasteiger partial charge in [-0.15, -0.1) is 0 Å². The van der Waals surface area contributed by atoms with Crippen LogP contribution in [0.1, 0.15) is 30.0 Å². The number of fused-ring (bicyclic) bond motifs is 1. The monoisotopic (exact) mass is 328 g/mol. The van der Waals surface area contributed by atoms with E-state index in [1.165, 1.54) is 39.8 Å². The van der Waals surface area contributed by atoms with Crippen molar-refractivity contribution in [2.45, 2.75) is 33.1 Å². The lowest BCUT2D eigenvalue weighted by atomic mass is 9.86. The Morgan fingerprint density at radius 2 is 2.11 bits per heavy atom. The summed E-state index contributed by atoms with van der Waals surface area (Å²) in [7, 11) is 0.449. The standard InChI is InChI=1S/C15H21BrOS/c1-4-18(3)9-5-8-17-14-10-11(2)15(16)13-7-6-12(13)14/h4,10H,5-9H2,1-3H3. The smallest absolute Gasteiger partial charge is 0.123 e. The van der Waals surface area contributed by atoms with Crippen molar-refractivity contribution in [2.75, 3.05) is 18.6 Å². The first-order valence-corrected chi connectivity index (χ1v) is 9.13. The number of ether oxygens (including phenoxy) is 1. The molecule has 1 atom stereocenters. The van der Waals surface area contributed by atoms with E-state index in [4.69, 9.17) is 4.74 Å². The number of rotatable bonds is 5. The minimum Gasteiger partial charge on any atom is -0.493 e. The molecular formula is C15H21BrOS. The lowest BCUT2D eigenvalue weighted by Crippen LogP contribution is -2.13. The van der Waals surface area contributed by atoms with E-state index in [1.807, 2.05) is 0 Å². The van der Waals surface area contributed by atoms with Crippen molar-refractivity contribution < 1.29 is 4.74 Å². The average molecular weight is 329 g/mol. The molecule has 1 aromatic carbocycles. The zero-order valence-electron chi connectivity index (χ0n) is 11.4. The van der Waals surface area contributed by atoms with Crippen LogP contribution >= 0.6 is 26.4 Å². The maximum absolute atomic E-state index is 5.97. The van der Waals surface area contributed by atoms with Crippen LogP contribution in [0, 0.1) is 6.92 Å². The maximum Gasteiger partial charge on any atom is 0.123 e. The van der Waals surface area contributed by atoms with Crippen molar-refractivity contribution in [2.24, 2.45) is 0 Å². The molecule has 1 aromatic rings. The first-order chi connectivity index (χ1) is 8.63. The molecule has 0 amide bonds. The molecule has 1 nitrogen and oxygen atoms in total. The van der Waals surface area contributed by atoms with Gasteiger partial charge < -0.3 is 4.74 Å². The summed E-state index contributed by atoms with van der Waals surface area (Å²) in [6.07, 6.45) is 5.80. The first-order valence-electron chi connectivity index (χ1n) is 6.48. The molecule has 0 aliphatic heterocycles. The molecule has 1 unspecified atom stereocenters. The minimum absolute atomic E-state index is 0.449. The van der Waals surface area contributed by atoms with Crippen LogP contribution in [0.25, 0.3) is 0 Å². The topological polar surface area (TPSA) is 9.23 Å². The Kier molecular flexibility index (Phi) is 4.91. The van der Waals surface area contributed by atoms with Gasteiger partial charge in [0.05, 0.1) is 6.61 Å². The van der Waals surface area contributed by atoms with Crippen LogP contribution < -0.4 is 4.74 Å². The van der Waals surface area contributed by atoms with E-state index in [9.17, 15) is 0 Å². The summed E-state index contributed by atoms with van der Waals surface area (Å²) in [6.45, 7) is 5.13. The van der Waals surface area contributed by atoms with E-state index in [0.717, 1.165) is 18.8 Å². The number of hydrogen-bond acceptors (Lipinski definition) is 1. The van der Waals surface area contributed by atoms with Gasteiger partial charge in [-0.1, -0.05) is 21.3 Å².